The Kier molecular flexibility index (Phi) is 7.79. The molecule has 114 valence electrons. The molecule has 1 atom stereocenters. The summed E-state index contributed by atoms with van der Waals surface area (Å²) in [5.41, 5.74) is 6.27. The summed E-state index contributed by atoms with van der Waals surface area (Å²) in [5.74, 6) is 0. The van der Waals surface area contributed by atoms with Crippen LogP contribution in [0.15, 0.2) is 15.5 Å². The molecule has 1 aromatic heterocycles. The van der Waals surface area contributed by atoms with Gasteiger partial charge in [0, 0.05) is 19.7 Å². The molecule has 1 rings (SSSR count). The first kappa shape index (κ1) is 17.1. The van der Waals surface area contributed by atoms with Gasteiger partial charge in [-0.3, -0.25) is 4.79 Å². The first-order valence-corrected chi connectivity index (χ1v) is 7.64. The summed E-state index contributed by atoms with van der Waals surface area (Å²) in [7, 11) is 1.59. The lowest BCUT2D eigenvalue weighted by atomic mass is 10.1. The minimum absolute atomic E-state index is 0.155. The van der Waals surface area contributed by atoms with Gasteiger partial charge in [0.25, 0.3) is 5.56 Å². The maximum Gasteiger partial charge on any atom is 0.283 e. The van der Waals surface area contributed by atoms with Gasteiger partial charge < -0.3 is 15.8 Å². The Bertz CT molecular complexity index is 464. The summed E-state index contributed by atoms with van der Waals surface area (Å²) in [6, 6.07) is 0.155. The van der Waals surface area contributed by atoms with Crippen molar-refractivity contribution in [3.63, 3.8) is 0 Å². The molecule has 0 aliphatic heterocycles. The van der Waals surface area contributed by atoms with Crippen LogP contribution in [0.3, 0.4) is 0 Å². The van der Waals surface area contributed by atoms with E-state index < -0.39 is 0 Å². The Labute approximate surface area is 127 Å². The molecule has 0 aliphatic rings. The maximum absolute atomic E-state index is 12.1. The maximum atomic E-state index is 12.1. The van der Waals surface area contributed by atoms with Crippen molar-refractivity contribution in [3.8, 4) is 0 Å². The zero-order valence-electron chi connectivity index (χ0n) is 12.1. The number of hydrogen-bond acceptors (Lipinski definition) is 5. The lowest BCUT2D eigenvalue weighted by Gasteiger charge is -2.18. The number of hydrogen-bond donors (Lipinski definition) is 2. The molecule has 0 aromatic carbocycles. The molecule has 0 fully saturated rings. The molecule has 1 aromatic rings. The minimum Gasteiger partial charge on any atom is -0.383 e. The van der Waals surface area contributed by atoms with E-state index in [1.807, 2.05) is 0 Å². The van der Waals surface area contributed by atoms with Gasteiger partial charge in [-0.05, 0) is 22.4 Å². The Morgan fingerprint density at radius 2 is 2.35 bits per heavy atom. The second-order valence-corrected chi connectivity index (χ2v) is 5.41. The smallest absolute Gasteiger partial charge is 0.283 e. The third-order valence-electron chi connectivity index (χ3n) is 3.04. The van der Waals surface area contributed by atoms with Gasteiger partial charge in [-0.1, -0.05) is 19.8 Å². The number of halogens is 1. The van der Waals surface area contributed by atoms with Crippen molar-refractivity contribution in [2.24, 2.45) is 5.73 Å². The van der Waals surface area contributed by atoms with Crippen LogP contribution in [-0.2, 0) is 11.3 Å². The van der Waals surface area contributed by atoms with Gasteiger partial charge in [-0.25, -0.2) is 4.68 Å². The number of nitrogens with one attached hydrogen (secondary N) is 1. The van der Waals surface area contributed by atoms with Gasteiger partial charge in [-0.15, -0.1) is 0 Å². The molecular formula is C13H23BrN4O2. The fourth-order valence-corrected chi connectivity index (χ4v) is 2.24. The average Bonchev–Trinajstić information content (AvgIpc) is 2.47. The van der Waals surface area contributed by atoms with Crippen LogP contribution in [0.2, 0.25) is 0 Å². The quantitative estimate of drug-likeness (QED) is 0.709. The summed E-state index contributed by atoms with van der Waals surface area (Å²) < 4.78 is 6.81. The fraction of sp³-hybridized carbons (Fsp3) is 0.692. The molecule has 0 bridgehead atoms. The number of nitrogens with zero attached hydrogens (tertiary/aromatic N) is 2. The lowest BCUT2D eigenvalue weighted by molar-refractivity contribution is 0.181. The highest BCUT2D eigenvalue weighted by Gasteiger charge is 2.12. The molecular weight excluding hydrogens is 324 g/mol. The van der Waals surface area contributed by atoms with E-state index in [-0.39, 0.29) is 11.6 Å². The van der Waals surface area contributed by atoms with Crippen LogP contribution in [0.4, 0.5) is 5.69 Å². The van der Waals surface area contributed by atoms with E-state index in [1.165, 1.54) is 4.68 Å². The van der Waals surface area contributed by atoms with E-state index >= 15 is 0 Å². The largest absolute Gasteiger partial charge is 0.383 e. The Morgan fingerprint density at radius 3 is 2.95 bits per heavy atom. The summed E-state index contributed by atoms with van der Waals surface area (Å²) in [4.78, 5) is 12.1. The fourth-order valence-electron chi connectivity index (χ4n) is 1.82. The van der Waals surface area contributed by atoms with Crippen molar-refractivity contribution >= 4 is 21.6 Å². The molecule has 0 aliphatic carbocycles. The minimum atomic E-state index is -0.168. The first-order chi connectivity index (χ1) is 9.63. The van der Waals surface area contributed by atoms with Crippen LogP contribution in [-0.4, -0.2) is 36.1 Å². The van der Waals surface area contributed by atoms with Gasteiger partial charge >= 0.3 is 0 Å². The summed E-state index contributed by atoms with van der Waals surface area (Å²) in [5, 5.41) is 7.41. The molecule has 3 N–H and O–H groups in total. The highest BCUT2D eigenvalue weighted by molar-refractivity contribution is 9.10. The van der Waals surface area contributed by atoms with E-state index in [0.29, 0.717) is 29.9 Å². The highest BCUT2D eigenvalue weighted by atomic mass is 79.9. The van der Waals surface area contributed by atoms with E-state index in [2.05, 4.69) is 33.3 Å². The molecule has 1 unspecified atom stereocenters. The molecule has 7 heteroatoms. The Morgan fingerprint density at radius 1 is 1.60 bits per heavy atom. The number of anilines is 1. The van der Waals surface area contributed by atoms with E-state index in [4.69, 9.17) is 10.5 Å². The molecule has 0 saturated heterocycles. The predicted octanol–water partition coefficient (Wildman–Crippen LogP) is 1.58. The summed E-state index contributed by atoms with van der Waals surface area (Å²) in [6.07, 6.45) is 4.85. The summed E-state index contributed by atoms with van der Waals surface area (Å²) >= 11 is 3.33. The van der Waals surface area contributed by atoms with Crippen molar-refractivity contribution in [3.05, 3.63) is 21.0 Å². The third kappa shape index (κ3) is 4.88. The third-order valence-corrected chi connectivity index (χ3v) is 3.81. The number of unbranched alkanes of at least 4 members (excludes halogenated alkanes) is 1. The van der Waals surface area contributed by atoms with Crippen molar-refractivity contribution in [2.75, 3.05) is 25.6 Å². The van der Waals surface area contributed by atoms with Crippen molar-refractivity contribution in [1.82, 2.24) is 9.78 Å². The summed E-state index contributed by atoms with van der Waals surface area (Å²) in [6.45, 7) is 3.56. The predicted molar refractivity (Wildman–Crippen MR) is 84.1 cm³/mol. The normalized spacial score (nSPS) is 12.4. The zero-order chi connectivity index (χ0) is 15.0. The van der Waals surface area contributed by atoms with Crippen LogP contribution in [0.25, 0.3) is 0 Å². The number of aromatic nitrogens is 2. The van der Waals surface area contributed by atoms with E-state index in [1.54, 1.807) is 13.3 Å². The topological polar surface area (TPSA) is 82.2 Å². The number of nitrogens with two attached hydrogens (primary N) is 1. The van der Waals surface area contributed by atoms with Gasteiger partial charge in [0.2, 0.25) is 0 Å². The lowest BCUT2D eigenvalue weighted by Crippen LogP contribution is -2.31. The molecule has 0 spiro atoms. The Balaban J connectivity index is 2.81. The number of rotatable bonds is 9. The van der Waals surface area contributed by atoms with Crippen LogP contribution in [0, 0.1) is 0 Å². The number of ether oxygens (including phenoxy) is 1. The van der Waals surface area contributed by atoms with Crippen LogP contribution < -0.4 is 16.6 Å². The Hall–Kier alpha value is -0.920. The van der Waals surface area contributed by atoms with Crippen LogP contribution >= 0.6 is 15.9 Å². The molecule has 0 radical (unpaired) electrons. The van der Waals surface area contributed by atoms with Crippen molar-refractivity contribution in [1.29, 1.82) is 0 Å². The SMILES string of the molecule is CCCCC(CN)Nc1cnn(CCOC)c(=O)c1Br. The van der Waals surface area contributed by atoms with Crippen molar-refractivity contribution < 1.29 is 4.74 Å². The zero-order valence-corrected chi connectivity index (χ0v) is 13.6. The standard InChI is InChI=1S/C13H23BrN4O2/c1-3-4-5-10(8-15)17-11-9-16-18(6-7-20-2)13(19)12(11)14/h9-10,17H,3-8,15H2,1-2H3. The van der Waals surface area contributed by atoms with Gasteiger partial charge in [0.15, 0.2) is 0 Å². The molecule has 0 saturated carbocycles. The monoisotopic (exact) mass is 346 g/mol. The van der Waals surface area contributed by atoms with Crippen LogP contribution in [0.5, 0.6) is 0 Å². The van der Waals surface area contributed by atoms with E-state index in [0.717, 1.165) is 19.3 Å². The highest BCUT2D eigenvalue weighted by Crippen LogP contribution is 2.18. The second kappa shape index (κ2) is 9.10. The first-order valence-electron chi connectivity index (χ1n) is 6.85. The van der Waals surface area contributed by atoms with Crippen LogP contribution in [0.1, 0.15) is 26.2 Å². The van der Waals surface area contributed by atoms with E-state index in [9.17, 15) is 4.79 Å². The molecule has 6 nitrogen and oxygen atoms in total. The molecule has 20 heavy (non-hydrogen) atoms. The van der Waals surface area contributed by atoms with Gasteiger partial charge in [0.1, 0.15) is 4.47 Å². The van der Waals surface area contributed by atoms with Gasteiger partial charge in [-0.2, -0.15) is 5.10 Å². The van der Waals surface area contributed by atoms with Crippen molar-refractivity contribution in [2.45, 2.75) is 38.8 Å². The second-order valence-electron chi connectivity index (χ2n) is 4.61. The molecule has 1 heterocycles. The molecule has 0 amide bonds. The number of methoxy groups -OCH3 is 1. The van der Waals surface area contributed by atoms with Gasteiger partial charge in [0.05, 0.1) is 25.0 Å². The average molecular weight is 347 g/mol.